The Bertz CT molecular complexity index is 1040. The van der Waals surface area contributed by atoms with Crippen molar-refractivity contribution in [2.75, 3.05) is 14.2 Å². The first kappa shape index (κ1) is 19.5. The number of halogens is 1. The highest BCUT2D eigenvalue weighted by Crippen LogP contribution is 2.38. The van der Waals surface area contributed by atoms with Gasteiger partial charge in [0, 0.05) is 23.1 Å². The summed E-state index contributed by atoms with van der Waals surface area (Å²) in [7, 11) is 3.21. The lowest BCUT2D eigenvalue weighted by molar-refractivity contribution is 0.0716. The fourth-order valence-corrected chi connectivity index (χ4v) is 4.26. The molecule has 29 heavy (non-hydrogen) atoms. The van der Waals surface area contributed by atoms with Crippen LogP contribution in [0.2, 0.25) is 5.02 Å². The molecule has 7 heteroatoms. The van der Waals surface area contributed by atoms with E-state index >= 15 is 0 Å². The van der Waals surface area contributed by atoms with Gasteiger partial charge >= 0.3 is 0 Å². The van der Waals surface area contributed by atoms with Crippen LogP contribution >= 0.6 is 22.9 Å². The van der Waals surface area contributed by atoms with Crippen molar-refractivity contribution in [2.45, 2.75) is 12.5 Å². The van der Waals surface area contributed by atoms with Gasteiger partial charge in [-0.1, -0.05) is 35.9 Å². The quantitative estimate of drug-likeness (QED) is 0.548. The summed E-state index contributed by atoms with van der Waals surface area (Å²) in [6.45, 7) is 0. The van der Waals surface area contributed by atoms with Crippen molar-refractivity contribution >= 4 is 34.6 Å². The van der Waals surface area contributed by atoms with Gasteiger partial charge in [0.25, 0.3) is 5.91 Å². The molecule has 3 aromatic rings. The molecular weight excluding hydrogens is 408 g/mol. The first-order chi connectivity index (χ1) is 14.1. The molecule has 1 aliphatic heterocycles. The summed E-state index contributed by atoms with van der Waals surface area (Å²) in [5.41, 5.74) is 2.49. The second kappa shape index (κ2) is 8.27. The van der Waals surface area contributed by atoms with Crippen LogP contribution in [0.3, 0.4) is 0 Å². The molecule has 0 N–H and O–H groups in total. The molecule has 0 bridgehead atoms. The number of carbonyl (C=O) groups is 1. The molecule has 0 aliphatic carbocycles. The Hall–Kier alpha value is -2.83. The highest BCUT2D eigenvalue weighted by Gasteiger charge is 2.35. The van der Waals surface area contributed by atoms with Gasteiger partial charge < -0.3 is 9.47 Å². The van der Waals surface area contributed by atoms with Crippen LogP contribution in [0.1, 0.15) is 33.3 Å². The third-order valence-corrected chi connectivity index (χ3v) is 6.00. The lowest BCUT2D eigenvalue weighted by Gasteiger charge is -2.22. The molecule has 2 heterocycles. The van der Waals surface area contributed by atoms with Gasteiger partial charge in [0.2, 0.25) is 0 Å². The summed E-state index contributed by atoms with van der Waals surface area (Å²) >= 11 is 7.86. The summed E-state index contributed by atoms with van der Waals surface area (Å²) in [6, 6.07) is 16.5. The molecule has 148 valence electrons. The van der Waals surface area contributed by atoms with Gasteiger partial charge in [-0.15, -0.1) is 11.3 Å². The van der Waals surface area contributed by atoms with Crippen molar-refractivity contribution in [2.24, 2.45) is 5.10 Å². The van der Waals surface area contributed by atoms with Crippen LogP contribution in [-0.2, 0) is 0 Å². The largest absolute Gasteiger partial charge is 0.497 e. The zero-order valence-corrected chi connectivity index (χ0v) is 17.5. The summed E-state index contributed by atoms with van der Waals surface area (Å²) < 4.78 is 10.8. The smallest absolute Gasteiger partial charge is 0.284 e. The van der Waals surface area contributed by atoms with Crippen molar-refractivity contribution in [3.63, 3.8) is 0 Å². The van der Waals surface area contributed by atoms with E-state index in [1.54, 1.807) is 26.4 Å². The minimum atomic E-state index is -0.287. The van der Waals surface area contributed by atoms with Gasteiger partial charge in [0.1, 0.15) is 11.5 Å². The Labute approximate surface area is 178 Å². The zero-order chi connectivity index (χ0) is 20.4. The van der Waals surface area contributed by atoms with E-state index in [0.29, 0.717) is 27.8 Å². The predicted octanol–water partition coefficient (Wildman–Crippen LogP) is 5.41. The molecule has 0 saturated carbocycles. The first-order valence-electron chi connectivity index (χ1n) is 9.03. The Kier molecular flexibility index (Phi) is 5.56. The van der Waals surface area contributed by atoms with Crippen molar-refractivity contribution in [3.05, 3.63) is 81.0 Å². The SMILES string of the molecule is COc1cc(OC)cc(C2=NN(C(=O)c3cccs3)[C@H](c3ccccc3Cl)C2)c1. The highest BCUT2D eigenvalue weighted by atomic mass is 35.5. The normalized spacial score (nSPS) is 15.9. The second-order valence-electron chi connectivity index (χ2n) is 6.52. The van der Waals surface area contributed by atoms with Gasteiger partial charge in [-0.05, 0) is 35.2 Å². The van der Waals surface area contributed by atoms with Crippen LogP contribution in [-0.4, -0.2) is 30.8 Å². The van der Waals surface area contributed by atoms with Gasteiger partial charge in [0.05, 0.1) is 30.9 Å². The molecule has 0 spiro atoms. The minimum Gasteiger partial charge on any atom is -0.497 e. The first-order valence-corrected chi connectivity index (χ1v) is 10.3. The standard InChI is InChI=1S/C22H19ClN2O3S/c1-27-15-10-14(11-16(12-15)28-2)19-13-20(17-6-3-4-7-18(17)23)25(24-19)22(26)21-8-5-9-29-21/h3-12,20H,13H2,1-2H3/t20-/m0/s1. The zero-order valence-electron chi connectivity index (χ0n) is 16.0. The maximum atomic E-state index is 13.2. The molecule has 0 unspecified atom stereocenters. The number of hydrogen-bond donors (Lipinski definition) is 0. The van der Waals surface area contributed by atoms with E-state index in [1.807, 2.05) is 47.8 Å². The van der Waals surface area contributed by atoms with Crippen molar-refractivity contribution in [3.8, 4) is 11.5 Å². The van der Waals surface area contributed by atoms with Crippen LogP contribution in [0.15, 0.2) is 65.1 Å². The van der Waals surface area contributed by atoms with E-state index in [1.165, 1.54) is 16.3 Å². The van der Waals surface area contributed by atoms with Gasteiger partial charge in [-0.2, -0.15) is 5.10 Å². The summed E-state index contributed by atoms with van der Waals surface area (Å²) in [4.78, 5) is 13.8. The number of nitrogens with zero attached hydrogens (tertiary/aromatic N) is 2. The van der Waals surface area contributed by atoms with E-state index < -0.39 is 0 Å². The van der Waals surface area contributed by atoms with Crippen molar-refractivity contribution < 1.29 is 14.3 Å². The van der Waals surface area contributed by atoms with Crippen molar-refractivity contribution in [1.82, 2.24) is 5.01 Å². The topological polar surface area (TPSA) is 51.1 Å². The fourth-order valence-electron chi connectivity index (χ4n) is 3.35. The van der Waals surface area contributed by atoms with E-state index in [2.05, 4.69) is 0 Å². The number of methoxy groups -OCH3 is 2. The number of amides is 1. The monoisotopic (exact) mass is 426 g/mol. The molecule has 1 aromatic heterocycles. The molecule has 0 saturated heterocycles. The summed E-state index contributed by atoms with van der Waals surface area (Å²) in [6.07, 6.45) is 0.539. The average molecular weight is 427 g/mol. The number of thiophene rings is 1. The predicted molar refractivity (Wildman–Crippen MR) is 115 cm³/mol. The number of carbonyl (C=O) groups excluding carboxylic acids is 1. The summed E-state index contributed by atoms with van der Waals surface area (Å²) in [5, 5.41) is 8.73. The van der Waals surface area contributed by atoms with Crippen LogP contribution in [0, 0.1) is 0 Å². The molecule has 1 amide bonds. The molecule has 0 fully saturated rings. The van der Waals surface area contributed by atoms with Crippen molar-refractivity contribution in [1.29, 1.82) is 0 Å². The summed E-state index contributed by atoms with van der Waals surface area (Å²) in [5.74, 6) is 1.19. The fraction of sp³-hybridized carbons (Fsp3) is 0.182. The van der Waals surface area contributed by atoms with Gasteiger partial charge in [-0.3, -0.25) is 4.79 Å². The number of benzene rings is 2. The number of hydrazone groups is 1. The Morgan fingerprint density at radius 2 is 1.83 bits per heavy atom. The lowest BCUT2D eigenvalue weighted by atomic mass is 9.98. The van der Waals surface area contributed by atoms with Gasteiger partial charge in [-0.25, -0.2) is 5.01 Å². The van der Waals surface area contributed by atoms with Gasteiger partial charge in [0.15, 0.2) is 0 Å². The molecule has 2 aromatic carbocycles. The van der Waals surface area contributed by atoms with E-state index in [4.69, 9.17) is 26.2 Å². The molecule has 1 atom stereocenters. The van der Waals surface area contributed by atoms with E-state index in [9.17, 15) is 4.79 Å². The number of rotatable bonds is 5. The molecule has 4 rings (SSSR count). The third-order valence-electron chi connectivity index (χ3n) is 4.80. The lowest BCUT2D eigenvalue weighted by Crippen LogP contribution is -2.26. The van der Waals surface area contributed by atoms with Crippen LogP contribution < -0.4 is 9.47 Å². The minimum absolute atomic E-state index is 0.144. The molecule has 1 aliphatic rings. The molecular formula is C22H19ClN2O3S. The number of ether oxygens (including phenoxy) is 2. The van der Waals surface area contributed by atoms with Crippen LogP contribution in [0.25, 0.3) is 0 Å². The van der Waals surface area contributed by atoms with Crippen LogP contribution in [0.4, 0.5) is 0 Å². The maximum absolute atomic E-state index is 13.2. The second-order valence-corrected chi connectivity index (χ2v) is 7.87. The van der Waals surface area contributed by atoms with E-state index in [-0.39, 0.29) is 11.9 Å². The Morgan fingerprint density at radius 1 is 1.10 bits per heavy atom. The molecule has 5 nitrogen and oxygen atoms in total. The molecule has 0 radical (unpaired) electrons. The maximum Gasteiger partial charge on any atom is 0.284 e. The Morgan fingerprint density at radius 3 is 2.45 bits per heavy atom. The van der Waals surface area contributed by atoms with E-state index in [0.717, 1.165) is 16.8 Å². The highest BCUT2D eigenvalue weighted by molar-refractivity contribution is 7.12. The Balaban J connectivity index is 1.77. The third kappa shape index (κ3) is 3.86. The van der Waals surface area contributed by atoms with Crippen LogP contribution in [0.5, 0.6) is 11.5 Å². The number of hydrogen-bond acceptors (Lipinski definition) is 5. The average Bonchev–Trinajstić information content (AvgIpc) is 3.43.